The van der Waals surface area contributed by atoms with Gasteiger partial charge >= 0.3 is 18.7 Å². The molecule has 0 radical (unpaired) electrons. The quantitative estimate of drug-likeness (QED) is 0.255. The zero-order valence-corrected chi connectivity index (χ0v) is 20.1. The number of benzene rings is 3. The Hall–Kier alpha value is -3.67. The fourth-order valence-corrected chi connectivity index (χ4v) is 3.46. The van der Waals surface area contributed by atoms with Crippen LogP contribution in [0.15, 0.2) is 72.8 Å². The van der Waals surface area contributed by atoms with Crippen LogP contribution in [-0.2, 0) is 13.1 Å². The summed E-state index contributed by atoms with van der Waals surface area (Å²) in [7, 11) is 1.54. The van der Waals surface area contributed by atoms with Crippen molar-refractivity contribution in [1.29, 1.82) is 0 Å². The highest BCUT2D eigenvalue weighted by molar-refractivity contribution is 5.58. The maximum atomic E-state index is 13.3. The van der Waals surface area contributed by atoms with Gasteiger partial charge in [0.05, 0.1) is 13.7 Å². The van der Waals surface area contributed by atoms with Crippen LogP contribution >= 0.6 is 0 Å². The second-order valence-corrected chi connectivity index (χ2v) is 8.30. The number of methoxy groups -OCH3 is 1. The van der Waals surface area contributed by atoms with E-state index in [0.717, 1.165) is 17.7 Å². The fraction of sp³-hybridized carbons (Fsp3) is 0.308. The first kappa shape index (κ1) is 28.9. The molecule has 0 saturated carbocycles. The van der Waals surface area contributed by atoms with Gasteiger partial charge in [-0.15, -0.1) is 0 Å². The van der Waals surface area contributed by atoms with Crippen molar-refractivity contribution in [2.45, 2.75) is 37.9 Å². The summed E-state index contributed by atoms with van der Waals surface area (Å²) in [5, 5.41) is 12.9. The number of ether oxygens (including phenoxy) is 2. The third-order valence-corrected chi connectivity index (χ3v) is 5.42. The molecule has 2 N–H and O–H groups in total. The van der Waals surface area contributed by atoms with E-state index in [2.05, 4.69) is 10.1 Å². The normalized spacial score (nSPS) is 12.8. The number of nitrogens with one attached hydrogen (secondary N) is 1. The zero-order valence-electron chi connectivity index (χ0n) is 20.1. The number of hydrogen-bond donors (Lipinski definition) is 2. The van der Waals surface area contributed by atoms with Crippen LogP contribution < -0.4 is 19.7 Å². The molecule has 206 valence electrons. The van der Waals surface area contributed by atoms with Gasteiger partial charge in [-0.2, -0.15) is 30.7 Å². The van der Waals surface area contributed by atoms with Gasteiger partial charge in [-0.05, 0) is 53.6 Å². The molecule has 0 aliphatic heterocycles. The second kappa shape index (κ2) is 12.2. The minimum absolute atomic E-state index is 0.193. The fourth-order valence-electron chi connectivity index (χ4n) is 3.46. The average Bonchev–Trinajstić information content (AvgIpc) is 2.87. The molecule has 0 saturated heterocycles. The van der Waals surface area contributed by atoms with Crippen LogP contribution in [0.3, 0.4) is 0 Å². The number of aliphatic hydroxyl groups excluding tert-OH is 1. The lowest BCUT2D eigenvalue weighted by atomic mass is 10.1. The molecule has 0 heterocycles. The summed E-state index contributed by atoms with van der Waals surface area (Å²) in [6, 6.07) is 18.3. The summed E-state index contributed by atoms with van der Waals surface area (Å²) in [6.45, 7) is -0.743. The Bertz CT molecular complexity index is 1170. The molecule has 0 amide bonds. The van der Waals surface area contributed by atoms with Gasteiger partial charge in [0.2, 0.25) is 0 Å². The number of nitrogens with zero attached hydrogens (tertiary/aromatic N) is 1. The summed E-state index contributed by atoms with van der Waals surface area (Å²) >= 11 is 0. The van der Waals surface area contributed by atoms with Crippen molar-refractivity contribution in [1.82, 2.24) is 0 Å². The third kappa shape index (κ3) is 8.17. The van der Waals surface area contributed by atoms with E-state index < -0.39 is 37.1 Å². The number of hydrogen-bond acceptors (Lipinski definition) is 5. The minimum atomic E-state index is -4.91. The average molecular weight is 546 g/mol. The topological polar surface area (TPSA) is 54.0 Å². The van der Waals surface area contributed by atoms with Crippen molar-refractivity contribution in [2.24, 2.45) is 0 Å². The molecule has 3 aromatic rings. The SMILES string of the molecule is COc1ccc(CNc2cccc(N(Cc3cccc(OC(F)(F)C(F)F)c3)CC(O)C(F)(F)F)c2)cc1. The van der Waals surface area contributed by atoms with E-state index in [4.69, 9.17) is 4.74 Å². The largest absolute Gasteiger partial charge is 0.497 e. The van der Waals surface area contributed by atoms with E-state index in [1.807, 2.05) is 12.1 Å². The monoisotopic (exact) mass is 546 g/mol. The predicted octanol–water partition coefficient (Wildman–Crippen LogP) is 6.47. The highest BCUT2D eigenvalue weighted by atomic mass is 19.4. The Morgan fingerprint density at radius 1 is 0.868 bits per heavy atom. The molecule has 0 bridgehead atoms. The zero-order chi connectivity index (χ0) is 27.9. The molecule has 5 nitrogen and oxygen atoms in total. The van der Waals surface area contributed by atoms with Gasteiger partial charge in [0.1, 0.15) is 11.5 Å². The van der Waals surface area contributed by atoms with E-state index in [0.29, 0.717) is 18.0 Å². The standard InChI is InChI=1S/C26H25F7N2O3/c1-37-21-10-8-17(9-11-21)14-34-19-5-3-6-20(13-19)35(16-23(36)25(29,30)31)15-18-4-2-7-22(12-18)38-26(32,33)24(27)28/h2-13,23-24,34,36H,14-16H2,1H3. The summed E-state index contributed by atoms with van der Waals surface area (Å²) in [5.41, 5.74) is 1.97. The molecule has 0 aromatic heterocycles. The van der Waals surface area contributed by atoms with E-state index in [1.165, 1.54) is 23.1 Å². The van der Waals surface area contributed by atoms with Crippen molar-refractivity contribution in [3.05, 3.63) is 83.9 Å². The Morgan fingerprint density at radius 3 is 2.18 bits per heavy atom. The maximum absolute atomic E-state index is 13.3. The van der Waals surface area contributed by atoms with Crippen molar-refractivity contribution in [2.75, 3.05) is 23.9 Å². The lowest BCUT2D eigenvalue weighted by molar-refractivity contribution is -0.253. The number of aliphatic hydroxyl groups is 1. The summed E-state index contributed by atoms with van der Waals surface area (Å²) in [4.78, 5) is 1.20. The smallest absolute Gasteiger partial charge is 0.461 e. The third-order valence-electron chi connectivity index (χ3n) is 5.42. The van der Waals surface area contributed by atoms with E-state index in [9.17, 15) is 35.8 Å². The first-order valence-corrected chi connectivity index (χ1v) is 11.3. The second-order valence-electron chi connectivity index (χ2n) is 8.30. The van der Waals surface area contributed by atoms with Gasteiger partial charge < -0.3 is 24.8 Å². The molecule has 1 unspecified atom stereocenters. The molecule has 12 heteroatoms. The molecular weight excluding hydrogens is 521 g/mol. The van der Waals surface area contributed by atoms with Crippen LogP contribution in [0.2, 0.25) is 0 Å². The Morgan fingerprint density at radius 2 is 1.55 bits per heavy atom. The summed E-state index contributed by atoms with van der Waals surface area (Å²) in [5.74, 6) is 0.0982. The molecule has 0 fully saturated rings. The molecule has 38 heavy (non-hydrogen) atoms. The van der Waals surface area contributed by atoms with Crippen molar-refractivity contribution < 1.29 is 45.3 Å². The van der Waals surface area contributed by atoms with Gasteiger partial charge in [0.25, 0.3) is 0 Å². The van der Waals surface area contributed by atoms with Crippen LogP contribution in [0, 0.1) is 0 Å². The van der Waals surface area contributed by atoms with Crippen LogP contribution in [0.4, 0.5) is 42.1 Å². The minimum Gasteiger partial charge on any atom is -0.497 e. The maximum Gasteiger partial charge on any atom is 0.461 e. The Balaban J connectivity index is 1.81. The van der Waals surface area contributed by atoms with Gasteiger partial charge in [0.15, 0.2) is 6.10 Å². The number of halogens is 7. The van der Waals surface area contributed by atoms with Crippen LogP contribution in [0.25, 0.3) is 0 Å². The Labute approximate surface area is 214 Å². The molecule has 1 atom stereocenters. The molecular formula is C26H25F7N2O3. The van der Waals surface area contributed by atoms with E-state index in [-0.39, 0.29) is 17.8 Å². The van der Waals surface area contributed by atoms with Crippen molar-refractivity contribution in [3.63, 3.8) is 0 Å². The lowest BCUT2D eigenvalue weighted by Gasteiger charge is -2.29. The molecule has 0 spiro atoms. The lowest BCUT2D eigenvalue weighted by Crippen LogP contribution is -2.41. The predicted molar refractivity (Wildman–Crippen MR) is 128 cm³/mol. The van der Waals surface area contributed by atoms with Crippen molar-refractivity contribution in [3.8, 4) is 11.5 Å². The first-order chi connectivity index (χ1) is 17.9. The van der Waals surface area contributed by atoms with E-state index in [1.54, 1.807) is 37.4 Å². The van der Waals surface area contributed by atoms with Gasteiger partial charge in [0, 0.05) is 24.5 Å². The van der Waals surface area contributed by atoms with Gasteiger partial charge in [-0.25, -0.2) is 0 Å². The van der Waals surface area contributed by atoms with Crippen LogP contribution in [-0.4, -0.2) is 43.6 Å². The first-order valence-electron chi connectivity index (χ1n) is 11.3. The molecule has 3 aromatic carbocycles. The summed E-state index contributed by atoms with van der Waals surface area (Å²) < 4.78 is 100. The highest BCUT2D eigenvalue weighted by Gasteiger charge is 2.44. The summed E-state index contributed by atoms with van der Waals surface area (Å²) in [6.07, 6.45) is -16.4. The highest BCUT2D eigenvalue weighted by Crippen LogP contribution is 2.30. The number of alkyl halides is 7. The Kier molecular flexibility index (Phi) is 9.31. The van der Waals surface area contributed by atoms with Gasteiger partial charge in [-0.1, -0.05) is 30.3 Å². The number of anilines is 2. The van der Waals surface area contributed by atoms with Gasteiger partial charge in [-0.3, -0.25) is 0 Å². The van der Waals surface area contributed by atoms with Crippen molar-refractivity contribution >= 4 is 11.4 Å². The molecule has 3 rings (SSSR count). The molecule has 0 aliphatic carbocycles. The molecule has 0 aliphatic rings. The van der Waals surface area contributed by atoms with Crippen LogP contribution in [0.5, 0.6) is 11.5 Å². The van der Waals surface area contributed by atoms with E-state index >= 15 is 0 Å². The number of rotatable bonds is 12. The van der Waals surface area contributed by atoms with Crippen LogP contribution in [0.1, 0.15) is 11.1 Å².